The van der Waals surface area contributed by atoms with Crippen LogP contribution in [0.4, 0.5) is 0 Å². The summed E-state index contributed by atoms with van der Waals surface area (Å²) in [5, 5.41) is 4.37. The van der Waals surface area contributed by atoms with Gasteiger partial charge in [-0.25, -0.2) is 9.67 Å². The van der Waals surface area contributed by atoms with Gasteiger partial charge in [-0.1, -0.05) is 30.3 Å². The van der Waals surface area contributed by atoms with Crippen molar-refractivity contribution < 1.29 is 0 Å². The summed E-state index contributed by atoms with van der Waals surface area (Å²) < 4.78 is 1.82. The molecule has 0 aliphatic heterocycles. The zero-order chi connectivity index (χ0) is 11.4. The van der Waals surface area contributed by atoms with E-state index in [1.54, 1.807) is 0 Å². The highest BCUT2D eigenvalue weighted by molar-refractivity contribution is 5.54. The molecule has 16 heavy (non-hydrogen) atoms. The lowest BCUT2D eigenvalue weighted by molar-refractivity contribution is 0.724. The van der Waals surface area contributed by atoms with E-state index < -0.39 is 0 Å². The fourth-order valence-corrected chi connectivity index (χ4v) is 1.64. The molecule has 0 radical (unpaired) electrons. The number of hydrogen-bond acceptors (Lipinski definition) is 3. The third kappa shape index (κ3) is 2.28. The Morgan fingerprint density at radius 1 is 1.25 bits per heavy atom. The highest BCUT2D eigenvalue weighted by Crippen LogP contribution is 2.15. The van der Waals surface area contributed by atoms with Gasteiger partial charge in [-0.05, 0) is 13.0 Å². The van der Waals surface area contributed by atoms with Crippen LogP contribution >= 0.6 is 0 Å². The highest BCUT2D eigenvalue weighted by Gasteiger charge is 2.08. The van der Waals surface area contributed by atoms with Crippen molar-refractivity contribution in [2.24, 2.45) is 12.8 Å². The number of nitrogens with zero attached hydrogens (tertiary/aromatic N) is 3. The van der Waals surface area contributed by atoms with Gasteiger partial charge in [0.05, 0.1) is 0 Å². The molecule has 84 valence electrons. The maximum absolute atomic E-state index is 5.47. The Hall–Kier alpha value is -1.68. The molecule has 2 N–H and O–H groups in total. The van der Waals surface area contributed by atoms with Crippen LogP contribution in [0.3, 0.4) is 0 Å². The van der Waals surface area contributed by atoms with Crippen LogP contribution < -0.4 is 5.73 Å². The molecule has 1 heterocycles. The molecular formula is C12H16N4. The van der Waals surface area contributed by atoms with E-state index in [0.29, 0.717) is 6.54 Å². The third-order valence-corrected chi connectivity index (χ3v) is 2.44. The van der Waals surface area contributed by atoms with E-state index in [0.717, 1.165) is 30.1 Å². The predicted molar refractivity (Wildman–Crippen MR) is 63.8 cm³/mol. The van der Waals surface area contributed by atoms with Crippen molar-refractivity contribution in [2.45, 2.75) is 12.8 Å². The van der Waals surface area contributed by atoms with Crippen LogP contribution in [0.15, 0.2) is 30.3 Å². The van der Waals surface area contributed by atoms with Crippen LogP contribution in [-0.4, -0.2) is 21.3 Å². The summed E-state index contributed by atoms with van der Waals surface area (Å²) in [4.78, 5) is 4.51. The summed E-state index contributed by atoms with van der Waals surface area (Å²) in [5.74, 6) is 1.78. The van der Waals surface area contributed by atoms with E-state index in [1.165, 1.54) is 0 Å². The van der Waals surface area contributed by atoms with Gasteiger partial charge in [0.2, 0.25) is 0 Å². The first-order chi connectivity index (χ1) is 7.81. The average molecular weight is 216 g/mol. The van der Waals surface area contributed by atoms with Crippen LogP contribution in [-0.2, 0) is 13.5 Å². The van der Waals surface area contributed by atoms with Crippen molar-refractivity contribution >= 4 is 0 Å². The minimum absolute atomic E-state index is 0.679. The third-order valence-electron chi connectivity index (χ3n) is 2.44. The summed E-state index contributed by atoms with van der Waals surface area (Å²) >= 11 is 0. The lowest BCUT2D eigenvalue weighted by Gasteiger charge is -1.97. The topological polar surface area (TPSA) is 56.7 Å². The van der Waals surface area contributed by atoms with Gasteiger partial charge in [0.1, 0.15) is 0 Å². The first kappa shape index (κ1) is 10.8. The minimum atomic E-state index is 0.679. The second-order valence-corrected chi connectivity index (χ2v) is 3.73. The molecular weight excluding hydrogens is 200 g/mol. The monoisotopic (exact) mass is 216 g/mol. The smallest absolute Gasteiger partial charge is 0.158 e. The fraction of sp³-hybridized carbons (Fsp3) is 0.333. The maximum Gasteiger partial charge on any atom is 0.158 e. The lowest BCUT2D eigenvalue weighted by Crippen LogP contribution is -2.01. The van der Waals surface area contributed by atoms with Crippen molar-refractivity contribution in [1.29, 1.82) is 0 Å². The largest absolute Gasteiger partial charge is 0.330 e. The Morgan fingerprint density at radius 3 is 2.69 bits per heavy atom. The molecule has 0 saturated carbocycles. The van der Waals surface area contributed by atoms with Crippen LogP contribution in [0, 0.1) is 0 Å². The van der Waals surface area contributed by atoms with Crippen LogP contribution in [0.5, 0.6) is 0 Å². The Labute approximate surface area is 95.1 Å². The lowest BCUT2D eigenvalue weighted by atomic mass is 10.2. The quantitative estimate of drug-likeness (QED) is 0.839. The molecule has 0 atom stereocenters. The number of hydrogen-bond donors (Lipinski definition) is 1. The summed E-state index contributed by atoms with van der Waals surface area (Å²) in [7, 11) is 1.92. The molecule has 2 rings (SSSR count). The van der Waals surface area contributed by atoms with Crippen LogP contribution in [0.1, 0.15) is 12.2 Å². The summed E-state index contributed by atoms with van der Waals surface area (Å²) in [5.41, 5.74) is 6.56. The predicted octanol–water partition coefficient (Wildman–Crippen LogP) is 1.37. The van der Waals surface area contributed by atoms with E-state index >= 15 is 0 Å². The number of aromatic nitrogens is 3. The molecule has 0 unspecified atom stereocenters. The molecule has 4 heteroatoms. The molecule has 0 fully saturated rings. The molecule has 0 aliphatic carbocycles. The second-order valence-electron chi connectivity index (χ2n) is 3.73. The number of rotatable bonds is 4. The fourth-order valence-electron chi connectivity index (χ4n) is 1.64. The molecule has 1 aromatic heterocycles. The average Bonchev–Trinajstić information content (AvgIpc) is 2.69. The van der Waals surface area contributed by atoms with E-state index in [1.807, 2.05) is 42.1 Å². The van der Waals surface area contributed by atoms with Gasteiger partial charge in [-0.15, -0.1) is 0 Å². The van der Waals surface area contributed by atoms with Crippen molar-refractivity contribution in [3.63, 3.8) is 0 Å². The first-order valence-electron chi connectivity index (χ1n) is 5.46. The molecule has 0 saturated heterocycles. The molecule has 0 amide bonds. The van der Waals surface area contributed by atoms with Gasteiger partial charge < -0.3 is 5.73 Å². The molecule has 2 aromatic rings. The van der Waals surface area contributed by atoms with E-state index in [9.17, 15) is 0 Å². The minimum Gasteiger partial charge on any atom is -0.330 e. The highest BCUT2D eigenvalue weighted by atomic mass is 15.3. The Bertz CT molecular complexity index is 447. The Balaban J connectivity index is 2.25. The van der Waals surface area contributed by atoms with Gasteiger partial charge in [-0.2, -0.15) is 5.10 Å². The Kier molecular flexibility index (Phi) is 3.31. The molecule has 0 spiro atoms. The van der Waals surface area contributed by atoms with Gasteiger partial charge in [0.25, 0.3) is 0 Å². The zero-order valence-electron chi connectivity index (χ0n) is 9.43. The molecule has 0 bridgehead atoms. The van der Waals surface area contributed by atoms with E-state index in [-0.39, 0.29) is 0 Å². The molecule has 0 aliphatic rings. The SMILES string of the molecule is Cn1nc(CCCN)nc1-c1ccccc1. The van der Waals surface area contributed by atoms with Gasteiger partial charge in [0.15, 0.2) is 11.6 Å². The number of nitrogens with two attached hydrogens (primary N) is 1. The first-order valence-corrected chi connectivity index (χ1v) is 5.46. The summed E-state index contributed by atoms with van der Waals surface area (Å²) in [6, 6.07) is 10.1. The summed E-state index contributed by atoms with van der Waals surface area (Å²) in [6.45, 7) is 0.679. The van der Waals surface area contributed by atoms with Crippen molar-refractivity contribution in [3.05, 3.63) is 36.2 Å². The van der Waals surface area contributed by atoms with Crippen molar-refractivity contribution in [2.75, 3.05) is 6.54 Å². The van der Waals surface area contributed by atoms with Crippen LogP contribution in [0.25, 0.3) is 11.4 Å². The standard InChI is InChI=1S/C12H16N4/c1-16-12(10-6-3-2-4-7-10)14-11(15-16)8-5-9-13/h2-4,6-7H,5,8-9,13H2,1H3. The molecule has 4 nitrogen and oxygen atoms in total. The zero-order valence-corrected chi connectivity index (χ0v) is 9.43. The number of benzene rings is 1. The Morgan fingerprint density at radius 2 is 2.00 bits per heavy atom. The molecule has 1 aromatic carbocycles. The second kappa shape index (κ2) is 4.90. The van der Waals surface area contributed by atoms with Crippen LogP contribution in [0.2, 0.25) is 0 Å². The van der Waals surface area contributed by atoms with Gasteiger partial charge in [-0.3, -0.25) is 0 Å². The van der Waals surface area contributed by atoms with E-state index in [2.05, 4.69) is 10.1 Å². The van der Waals surface area contributed by atoms with Crippen molar-refractivity contribution in [3.8, 4) is 11.4 Å². The van der Waals surface area contributed by atoms with Gasteiger partial charge >= 0.3 is 0 Å². The van der Waals surface area contributed by atoms with Crippen molar-refractivity contribution in [1.82, 2.24) is 14.8 Å². The summed E-state index contributed by atoms with van der Waals surface area (Å²) in [6.07, 6.45) is 1.77. The van der Waals surface area contributed by atoms with Gasteiger partial charge in [0, 0.05) is 19.0 Å². The number of aryl methyl sites for hydroxylation is 2. The maximum atomic E-state index is 5.47. The normalized spacial score (nSPS) is 10.6. The van der Waals surface area contributed by atoms with E-state index in [4.69, 9.17) is 5.73 Å².